The highest BCUT2D eigenvalue weighted by Crippen LogP contribution is 2.42. The van der Waals surface area contributed by atoms with Crippen molar-refractivity contribution in [1.82, 2.24) is 29.7 Å². The van der Waals surface area contributed by atoms with Crippen molar-refractivity contribution < 1.29 is 27.8 Å². The topological polar surface area (TPSA) is 116 Å². The van der Waals surface area contributed by atoms with Gasteiger partial charge in [-0.05, 0) is 81.8 Å². The fourth-order valence-electron chi connectivity index (χ4n) is 7.26. The van der Waals surface area contributed by atoms with Gasteiger partial charge < -0.3 is 24.3 Å². The SMILES string of the molecule is CC(C)(C)OC(=O)N1CC(F)(F)C[C@H]1c1ncc(-c2ccc(-c3ccc4c(ccc5nc([C@@H]6C[Si](C)(C)CN6C(=O)OC(C)(C)C)[nH]c54)c3)cc2)[nH]1. The van der Waals surface area contributed by atoms with E-state index < -0.39 is 50.3 Å². The molecule has 7 rings (SSSR count). The molecule has 0 aliphatic carbocycles. The molecule has 274 valence electrons. The molecule has 13 heteroatoms. The van der Waals surface area contributed by atoms with Gasteiger partial charge in [0.25, 0.3) is 5.92 Å². The van der Waals surface area contributed by atoms with Gasteiger partial charge in [0, 0.05) is 18.0 Å². The molecule has 2 aliphatic heterocycles. The number of H-pyrrole nitrogens is 2. The van der Waals surface area contributed by atoms with Crippen molar-refractivity contribution in [3.8, 4) is 22.4 Å². The minimum Gasteiger partial charge on any atom is -0.444 e. The van der Waals surface area contributed by atoms with Gasteiger partial charge in [-0.25, -0.2) is 28.3 Å². The summed E-state index contributed by atoms with van der Waals surface area (Å²) in [6.07, 6.45) is 0.713. The summed E-state index contributed by atoms with van der Waals surface area (Å²) in [6, 6.07) is 18.2. The molecular formula is C39H46F2N6O4Si. The first-order chi connectivity index (χ1) is 24.2. The van der Waals surface area contributed by atoms with Gasteiger partial charge in [-0.1, -0.05) is 55.6 Å². The number of hydrogen-bond acceptors (Lipinski definition) is 6. The van der Waals surface area contributed by atoms with Crippen molar-refractivity contribution in [3.63, 3.8) is 0 Å². The maximum Gasteiger partial charge on any atom is 0.411 e. The molecule has 0 bridgehead atoms. The first kappa shape index (κ1) is 35.6. The Morgan fingerprint density at radius 2 is 1.46 bits per heavy atom. The van der Waals surface area contributed by atoms with Gasteiger partial charge in [0.1, 0.15) is 22.9 Å². The minimum absolute atomic E-state index is 0.161. The van der Waals surface area contributed by atoms with Crippen molar-refractivity contribution in [2.75, 3.05) is 12.7 Å². The molecule has 2 aromatic heterocycles. The number of halogens is 2. The number of nitrogens with zero attached hydrogens (tertiary/aromatic N) is 4. The first-order valence-corrected chi connectivity index (χ1v) is 21.1. The van der Waals surface area contributed by atoms with Crippen LogP contribution in [0.15, 0.2) is 60.8 Å². The number of alkyl halides is 2. The monoisotopic (exact) mass is 728 g/mol. The highest BCUT2D eigenvalue weighted by atomic mass is 28.3. The Morgan fingerprint density at radius 1 is 0.827 bits per heavy atom. The number of carbonyl (C=O) groups excluding carboxylic acids is 2. The van der Waals surface area contributed by atoms with E-state index in [-0.39, 0.29) is 12.1 Å². The molecular weight excluding hydrogens is 683 g/mol. The van der Waals surface area contributed by atoms with Crippen molar-refractivity contribution in [1.29, 1.82) is 0 Å². The number of ether oxygens (including phenoxy) is 2. The van der Waals surface area contributed by atoms with Crippen LogP contribution in [-0.2, 0) is 9.47 Å². The Bertz CT molecular complexity index is 2170. The Labute approximate surface area is 302 Å². The van der Waals surface area contributed by atoms with Gasteiger partial charge in [0.05, 0.1) is 49.6 Å². The van der Waals surface area contributed by atoms with Crippen LogP contribution in [0.25, 0.3) is 44.2 Å². The number of amides is 2. The molecule has 2 fully saturated rings. The van der Waals surface area contributed by atoms with Crippen molar-refractivity contribution in [2.24, 2.45) is 0 Å². The number of fused-ring (bicyclic) bond motifs is 3. The Hall–Kier alpha value is -4.78. The predicted molar refractivity (Wildman–Crippen MR) is 200 cm³/mol. The number of likely N-dealkylation sites (tertiary alicyclic amines) is 1. The summed E-state index contributed by atoms with van der Waals surface area (Å²) in [5.74, 6) is -1.97. The standard InChI is InChI=1S/C39H46F2N6O4Si/c1-37(2,3)50-35(48)46-21-39(40,41)18-30(46)33-42-19-29(44-33)24-11-9-23(10-12-24)25-13-15-27-26(17-25)14-16-28-32(27)45-34(43-28)31-20-52(7,8)22-47(31)36(49)51-38(4,5)6/h9-17,19,30-31H,18,20-22H2,1-8H3,(H,42,44)(H,43,45)/t30-,31-/m0/s1. The van der Waals surface area contributed by atoms with E-state index in [1.165, 1.54) is 0 Å². The second kappa shape index (κ2) is 12.4. The Kier molecular flexibility index (Phi) is 8.51. The van der Waals surface area contributed by atoms with Crippen molar-refractivity contribution >= 4 is 42.1 Å². The van der Waals surface area contributed by atoms with E-state index in [0.717, 1.165) is 61.4 Å². The molecule has 3 aromatic carbocycles. The summed E-state index contributed by atoms with van der Waals surface area (Å²) < 4.78 is 40.2. The van der Waals surface area contributed by atoms with E-state index in [2.05, 4.69) is 52.3 Å². The van der Waals surface area contributed by atoms with Crippen LogP contribution in [0.2, 0.25) is 19.1 Å². The molecule has 4 heterocycles. The minimum atomic E-state index is -3.04. The fourth-order valence-corrected chi connectivity index (χ4v) is 10.1. The summed E-state index contributed by atoms with van der Waals surface area (Å²) in [5, 5.41) is 2.09. The van der Waals surface area contributed by atoms with Crippen LogP contribution >= 0.6 is 0 Å². The van der Waals surface area contributed by atoms with E-state index in [9.17, 15) is 18.4 Å². The van der Waals surface area contributed by atoms with Gasteiger partial charge >= 0.3 is 12.2 Å². The summed E-state index contributed by atoms with van der Waals surface area (Å²) in [6.45, 7) is 14.6. The molecule has 10 nitrogen and oxygen atoms in total. The van der Waals surface area contributed by atoms with E-state index in [0.29, 0.717) is 11.5 Å². The molecule has 5 aromatic rings. The molecule has 0 saturated carbocycles. The maximum atomic E-state index is 14.5. The van der Waals surface area contributed by atoms with Gasteiger partial charge in [0.2, 0.25) is 0 Å². The molecule has 2 amide bonds. The molecule has 0 spiro atoms. The normalized spacial score (nSPS) is 20.2. The van der Waals surface area contributed by atoms with Crippen LogP contribution in [0, 0.1) is 0 Å². The molecule has 52 heavy (non-hydrogen) atoms. The lowest BCUT2D eigenvalue weighted by molar-refractivity contribution is -0.00248. The average Bonchev–Trinajstić information content (AvgIpc) is 3.82. The quantitative estimate of drug-likeness (QED) is 0.178. The molecule has 0 radical (unpaired) electrons. The van der Waals surface area contributed by atoms with Crippen LogP contribution < -0.4 is 0 Å². The summed E-state index contributed by atoms with van der Waals surface area (Å²) in [7, 11) is -1.67. The van der Waals surface area contributed by atoms with Crippen LogP contribution in [0.5, 0.6) is 0 Å². The smallest absolute Gasteiger partial charge is 0.411 e. The maximum absolute atomic E-state index is 14.5. The van der Waals surface area contributed by atoms with Crippen molar-refractivity contribution in [3.05, 3.63) is 72.4 Å². The number of nitrogens with one attached hydrogen (secondary N) is 2. The van der Waals surface area contributed by atoms with E-state index in [1.54, 1.807) is 27.0 Å². The summed E-state index contributed by atoms with van der Waals surface area (Å²) in [5.41, 5.74) is 3.94. The lowest BCUT2D eigenvalue weighted by Crippen LogP contribution is -2.39. The predicted octanol–water partition coefficient (Wildman–Crippen LogP) is 9.63. The third kappa shape index (κ3) is 7.28. The van der Waals surface area contributed by atoms with Crippen LogP contribution in [0.4, 0.5) is 18.4 Å². The first-order valence-electron chi connectivity index (χ1n) is 17.7. The molecule has 2 saturated heterocycles. The number of imidazole rings is 2. The zero-order valence-corrected chi connectivity index (χ0v) is 31.9. The second-order valence-corrected chi connectivity index (χ2v) is 22.0. The lowest BCUT2D eigenvalue weighted by Gasteiger charge is -2.28. The number of carbonyl (C=O) groups is 2. The summed E-state index contributed by atoms with van der Waals surface area (Å²) in [4.78, 5) is 45.0. The third-order valence-corrected chi connectivity index (χ3v) is 12.2. The van der Waals surface area contributed by atoms with Gasteiger partial charge in [0.15, 0.2) is 0 Å². The largest absolute Gasteiger partial charge is 0.444 e. The fraction of sp³-hybridized carbons (Fsp3) is 0.436. The third-order valence-electron chi connectivity index (χ3n) is 9.49. The molecule has 2 atom stereocenters. The lowest BCUT2D eigenvalue weighted by atomic mass is 9.99. The number of benzene rings is 3. The van der Waals surface area contributed by atoms with E-state index in [4.69, 9.17) is 14.5 Å². The Morgan fingerprint density at radius 3 is 2.13 bits per heavy atom. The van der Waals surface area contributed by atoms with Gasteiger partial charge in [-0.3, -0.25) is 4.90 Å². The molecule has 2 aliphatic rings. The van der Waals surface area contributed by atoms with Crippen LogP contribution in [-0.4, -0.2) is 79.8 Å². The highest BCUT2D eigenvalue weighted by molar-refractivity contribution is 6.78. The van der Waals surface area contributed by atoms with Crippen molar-refractivity contribution in [2.45, 2.75) is 96.3 Å². The number of aromatic amines is 2. The zero-order chi connectivity index (χ0) is 37.4. The van der Waals surface area contributed by atoms with Crippen LogP contribution in [0.1, 0.15) is 71.7 Å². The number of hydrogen-bond donors (Lipinski definition) is 2. The average molecular weight is 729 g/mol. The van der Waals surface area contributed by atoms with Gasteiger partial charge in [-0.2, -0.15) is 0 Å². The highest BCUT2D eigenvalue weighted by Gasteiger charge is 2.50. The van der Waals surface area contributed by atoms with E-state index in [1.807, 2.05) is 56.0 Å². The number of aromatic nitrogens is 4. The zero-order valence-electron chi connectivity index (χ0n) is 30.9. The molecule has 0 unspecified atom stereocenters. The van der Waals surface area contributed by atoms with Crippen LogP contribution in [0.3, 0.4) is 0 Å². The Balaban J connectivity index is 1.11. The van der Waals surface area contributed by atoms with E-state index >= 15 is 0 Å². The number of rotatable bonds is 4. The molecule has 2 N–H and O–H groups in total. The summed E-state index contributed by atoms with van der Waals surface area (Å²) >= 11 is 0. The second-order valence-electron chi connectivity index (χ2n) is 17.0. The van der Waals surface area contributed by atoms with Gasteiger partial charge in [-0.15, -0.1) is 0 Å².